The third-order valence-electron chi connectivity index (χ3n) is 2.68. The van der Waals surface area contributed by atoms with Gasteiger partial charge in [-0.15, -0.1) is 10.2 Å². The van der Waals surface area contributed by atoms with Crippen molar-refractivity contribution in [3.05, 3.63) is 47.8 Å². The molecule has 0 fully saturated rings. The summed E-state index contributed by atoms with van der Waals surface area (Å²) in [5.74, 6) is -0.420. The van der Waals surface area contributed by atoms with Crippen molar-refractivity contribution < 1.29 is 9.18 Å². The summed E-state index contributed by atoms with van der Waals surface area (Å²) in [5, 5.41) is 18.6. The van der Waals surface area contributed by atoms with Crippen molar-refractivity contribution in [3.63, 3.8) is 0 Å². The Kier molecular flexibility index (Phi) is 4.39. The summed E-state index contributed by atoms with van der Waals surface area (Å²) in [6.45, 7) is 0.438. The van der Waals surface area contributed by atoms with Crippen molar-refractivity contribution in [1.29, 1.82) is 5.26 Å². The molecule has 0 bridgehead atoms. The second-order valence-corrected chi connectivity index (χ2v) is 4.12. The Morgan fingerprint density at radius 2 is 2.15 bits per heavy atom. The summed E-state index contributed by atoms with van der Waals surface area (Å²) in [6, 6.07) is 7.96. The molecule has 1 amide bonds. The van der Waals surface area contributed by atoms with Gasteiger partial charge in [0.2, 0.25) is 11.7 Å². The van der Waals surface area contributed by atoms with Crippen LogP contribution in [0, 0.1) is 17.1 Å². The molecule has 1 aromatic heterocycles. The molecule has 0 unspecified atom stereocenters. The molecular weight excluding hydrogens is 261 g/mol. The highest BCUT2D eigenvalue weighted by Crippen LogP contribution is 2.02. The van der Waals surface area contributed by atoms with E-state index in [-0.39, 0.29) is 24.1 Å². The standard InChI is InChI=1S/C13H12FN5O/c14-11-3-1-10(2-4-11)5-6-16-13(20)8-19-9-17-18-12(19)7-15/h1-4,9H,5-6,8H2,(H,16,20). The van der Waals surface area contributed by atoms with Gasteiger partial charge in [-0.2, -0.15) is 5.26 Å². The quantitative estimate of drug-likeness (QED) is 0.866. The summed E-state index contributed by atoms with van der Waals surface area (Å²) in [6.07, 6.45) is 1.94. The number of nitrogens with zero attached hydrogens (tertiary/aromatic N) is 4. The zero-order valence-electron chi connectivity index (χ0n) is 10.6. The molecule has 6 nitrogen and oxygen atoms in total. The number of nitrogens with one attached hydrogen (secondary N) is 1. The number of benzene rings is 1. The highest BCUT2D eigenvalue weighted by atomic mass is 19.1. The number of aromatic nitrogens is 3. The number of halogens is 1. The summed E-state index contributed by atoms with van der Waals surface area (Å²) in [7, 11) is 0. The molecule has 0 saturated heterocycles. The number of amides is 1. The van der Waals surface area contributed by atoms with Crippen molar-refractivity contribution in [1.82, 2.24) is 20.1 Å². The summed E-state index contributed by atoms with van der Waals surface area (Å²) >= 11 is 0. The van der Waals surface area contributed by atoms with Gasteiger partial charge in [-0.05, 0) is 24.1 Å². The van der Waals surface area contributed by atoms with Crippen molar-refractivity contribution >= 4 is 5.91 Å². The molecule has 0 spiro atoms. The van der Waals surface area contributed by atoms with E-state index in [9.17, 15) is 9.18 Å². The smallest absolute Gasteiger partial charge is 0.240 e. The second kappa shape index (κ2) is 6.43. The lowest BCUT2D eigenvalue weighted by Gasteiger charge is -2.06. The topological polar surface area (TPSA) is 83.6 Å². The average Bonchev–Trinajstić information content (AvgIpc) is 2.88. The highest BCUT2D eigenvalue weighted by Gasteiger charge is 2.07. The average molecular weight is 273 g/mol. The first-order chi connectivity index (χ1) is 9.69. The first-order valence-electron chi connectivity index (χ1n) is 5.98. The van der Waals surface area contributed by atoms with Crippen molar-refractivity contribution in [3.8, 4) is 6.07 Å². The van der Waals surface area contributed by atoms with E-state index in [1.165, 1.54) is 23.0 Å². The molecule has 7 heteroatoms. The first kappa shape index (κ1) is 13.7. The molecule has 1 aromatic carbocycles. The van der Waals surface area contributed by atoms with E-state index in [1.807, 2.05) is 6.07 Å². The number of hydrogen-bond donors (Lipinski definition) is 1. The van der Waals surface area contributed by atoms with Gasteiger partial charge >= 0.3 is 0 Å². The van der Waals surface area contributed by atoms with Gasteiger partial charge in [-0.25, -0.2) is 4.39 Å². The number of carbonyl (C=O) groups excluding carboxylic acids is 1. The summed E-state index contributed by atoms with van der Waals surface area (Å²) in [4.78, 5) is 11.7. The van der Waals surface area contributed by atoms with Crippen molar-refractivity contribution in [2.75, 3.05) is 6.54 Å². The van der Waals surface area contributed by atoms with Crippen LogP contribution in [-0.2, 0) is 17.8 Å². The molecule has 0 atom stereocenters. The third kappa shape index (κ3) is 3.62. The SMILES string of the molecule is N#Cc1nncn1CC(=O)NCCc1ccc(F)cc1. The van der Waals surface area contributed by atoms with E-state index < -0.39 is 0 Å². The Bertz CT molecular complexity index is 629. The Labute approximate surface area is 114 Å². The molecule has 0 aliphatic rings. The van der Waals surface area contributed by atoms with Gasteiger partial charge < -0.3 is 5.32 Å². The van der Waals surface area contributed by atoms with Crippen molar-refractivity contribution in [2.24, 2.45) is 0 Å². The van der Waals surface area contributed by atoms with Gasteiger partial charge in [0.05, 0.1) is 0 Å². The van der Waals surface area contributed by atoms with Crippen LogP contribution in [0.3, 0.4) is 0 Å². The van der Waals surface area contributed by atoms with E-state index in [0.29, 0.717) is 13.0 Å². The number of rotatable bonds is 5. The Balaban J connectivity index is 1.78. The van der Waals surface area contributed by atoms with Gasteiger partial charge in [-0.3, -0.25) is 9.36 Å². The van der Waals surface area contributed by atoms with Crippen LogP contribution in [0.25, 0.3) is 0 Å². The van der Waals surface area contributed by atoms with Crippen LogP contribution < -0.4 is 5.32 Å². The van der Waals surface area contributed by atoms with Crippen LogP contribution in [0.5, 0.6) is 0 Å². The van der Waals surface area contributed by atoms with Crippen LogP contribution in [0.15, 0.2) is 30.6 Å². The fourth-order valence-electron chi connectivity index (χ4n) is 1.67. The number of carbonyl (C=O) groups is 1. The minimum Gasteiger partial charge on any atom is -0.354 e. The maximum Gasteiger partial charge on any atom is 0.240 e. The second-order valence-electron chi connectivity index (χ2n) is 4.12. The molecule has 0 radical (unpaired) electrons. The molecule has 2 aromatic rings. The monoisotopic (exact) mass is 273 g/mol. The van der Waals surface area contributed by atoms with Crippen LogP contribution >= 0.6 is 0 Å². The zero-order chi connectivity index (χ0) is 14.4. The van der Waals surface area contributed by atoms with Gasteiger partial charge in [0.25, 0.3) is 0 Å². The summed E-state index contributed by atoms with van der Waals surface area (Å²) < 4.78 is 14.1. The molecule has 0 aliphatic carbocycles. The highest BCUT2D eigenvalue weighted by molar-refractivity contribution is 5.75. The van der Waals surface area contributed by atoms with E-state index in [4.69, 9.17) is 5.26 Å². The fourth-order valence-corrected chi connectivity index (χ4v) is 1.67. The van der Waals surface area contributed by atoms with Gasteiger partial charge in [0.15, 0.2) is 0 Å². The van der Waals surface area contributed by atoms with Crippen LogP contribution in [0.1, 0.15) is 11.4 Å². The van der Waals surface area contributed by atoms with E-state index >= 15 is 0 Å². The lowest BCUT2D eigenvalue weighted by molar-refractivity contribution is -0.121. The van der Waals surface area contributed by atoms with Crippen LogP contribution in [0.2, 0.25) is 0 Å². The first-order valence-corrected chi connectivity index (χ1v) is 5.98. The van der Waals surface area contributed by atoms with E-state index in [1.54, 1.807) is 12.1 Å². The van der Waals surface area contributed by atoms with Crippen LogP contribution in [0.4, 0.5) is 4.39 Å². The normalized spacial score (nSPS) is 10.0. The molecule has 20 heavy (non-hydrogen) atoms. The predicted octanol–water partition coefficient (Wildman–Crippen LogP) is 0.648. The zero-order valence-corrected chi connectivity index (χ0v) is 10.6. The minimum absolute atomic E-state index is 0.000683. The molecule has 0 aliphatic heterocycles. The van der Waals surface area contributed by atoms with E-state index in [2.05, 4.69) is 15.5 Å². The summed E-state index contributed by atoms with van der Waals surface area (Å²) in [5.41, 5.74) is 0.939. The predicted molar refractivity (Wildman–Crippen MR) is 67.9 cm³/mol. The van der Waals surface area contributed by atoms with Gasteiger partial charge in [0, 0.05) is 6.54 Å². The maximum absolute atomic E-state index is 12.7. The molecule has 1 heterocycles. The largest absolute Gasteiger partial charge is 0.354 e. The number of hydrogen-bond acceptors (Lipinski definition) is 4. The molecule has 0 saturated carbocycles. The number of nitriles is 1. The van der Waals surface area contributed by atoms with Gasteiger partial charge in [0.1, 0.15) is 24.8 Å². The third-order valence-corrected chi connectivity index (χ3v) is 2.68. The Morgan fingerprint density at radius 3 is 2.85 bits per heavy atom. The minimum atomic E-state index is -0.283. The Morgan fingerprint density at radius 1 is 1.40 bits per heavy atom. The lowest BCUT2D eigenvalue weighted by Crippen LogP contribution is -2.29. The maximum atomic E-state index is 12.7. The van der Waals surface area contributed by atoms with Gasteiger partial charge in [-0.1, -0.05) is 12.1 Å². The molecular formula is C13H12FN5O. The van der Waals surface area contributed by atoms with E-state index in [0.717, 1.165) is 5.56 Å². The molecule has 1 N–H and O–H groups in total. The van der Waals surface area contributed by atoms with Crippen LogP contribution in [-0.4, -0.2) is 27.2 Å². The lowest BCUT2D eigenvalue weighted by atomic mass is 10.1. The molecule has 2 rings (SSSR count). The fraction of sp³-hybridized carbons (Fsp3) is 0.231. The van der Waals surface area contributed by atoms with Crippen molar-refractivity contribution in [2.45, 2.75) is 13.0 Å². The Hall–Kier alpha value is -2.75. The molecule has 102 valence electrons.